The maximum atomic E-state index is 12.6. The molecule has 4 rings (SSSR count). The highest BCUT2D eigenvalue weighted by atomic mass is 32.2. The van der Waals surface area contributed by atoms with Crippen LogP contribution in [0, 0.1) is 6.92 Å². The van der Waals surface area contributed by atoms with E-state index in [9.17, 15) is 9.32 Å². The molecule has 146 valence electrons. The van der Waals surface area contributed by atoms with Crippen molar-refractivity contribution in [2.24, 2.45) is 0 Å². The second-order valence-corrected chi connectivity index (χ2v) is 8.89. The molecule has 0 saturated carbocycles. The Balaban J connectivity index is 1.78. The van der Waals surface area contributed by atoms with Crippen molar-refractivity contribution in [2.75, 3.05) is 29.1 Å². The van der Waals surface area contributed by atoms with Crippen LogP contribution in [0.1, 0.15) is 18.1 Å². The number of pyridine rings is 1. The molecule has 2 heterocycles. The summed E-state index contributed by atoms with van der Waals surface area (Å²) in [5, 5.41) is 13.9. The minimum atomic E-state index is -0.991. The number of aliphatic hydroxyl groups is 1. The highest BCUT2D eigenvalue weighted by Crippen LogP contribution is 2.31. The lowest BCUT2D eigenvalue weighted by Crippen LogP contribution is -2.26. The van der Waals surface area contributed by atoms with Crippen molar-refractivity contribution in [1.82, 2.24) is 4.98 Å². The molecule has 0 amide bonds. The molecule has 0 spiro atoms. The fourth-order valence-corrected chi connectivity index (χ4v) is 4.82. The molecule has 3 aromatic rings. The number of nitrogens with zero attached hydrogens (tertiary/aromatic N) is 2. The fourth-order valence-electron chi connectivity index (χ4n) is 3.56. The SMILES string of the molecule is Cc1ccc2nc(N3CCS(=O)c4ccccc4C3)cc(N[C@@H](C)CO)c2c1. The standard InChI is InChI=1S/C22H25N3O2S/c1-15-7-8-19-18(11-15)20(23-16(2)14-26)12-22(24-19)25-9-10-28(27)21-6-4-3-5-17(21)13-25/h3-8,11-12,16,26H,9-10,13-14H2,1-2H3,(H,23,24)/t16-,28?/m0/s1. The summed E-state index contributed by atoms with van der Waals surface area (Å²) in [6.45, 7) is 5.43. The van der Waals surface area contributed by atoms with E-state index in [0.29, 0.717) is 18.8 Å². The average Bonchev–Trinajstić information content (AvgIpc) is 2.87. The Morgan fingerprint density at radius 2 is 2.07 bits per heavy atom. The molecule has 1 aromatic heterocycles. The first kappa shape index (κ1) is 18.9. The average molecular weight is 396 g/mol. The summed E-state index contributed by atoms with van der Waals surface area (Å²) < 4.78 is 12.6. The molecule has 0 bridgehead atoms. The van der Waals surface area contributed by atoms with E-state index in [1.165, 1.54) is 5.56 Å². The number of benzene rings is 2. The monoisotopic (exact) mass is 395 g/mol. The molecule has 0 saturated heterocycles. The highest BCUT2D eigenvalue weighted by Gasteiger charge is 2.21. The zero-order valence-corrected chi connectivity index (χ0v) is 17.0. The van der Waals surface area contributed by atoms with Gasteiger partial charge in [0.15, 0.2) is 0 Å². The number of aromatic nitrogens is 1. The van der Waals surface area contributed by atoms with Crippen LogP contribution in [-0.2, 0) is 17.3 Å². The zero-order valence-electron chi connectivity index (χ0n) is 16.2. The van der Waals surface area contributed by atoms with Gasteiger partial charge >= 0.3 is 0 Å². The summed E-state index contributed by atoms with van der Waals surface area (Å²) in [6.07, 6.45) is 0. The molecule has 2 atom stereocenters. The van der Waals surface area contributed by atoms with Gasteiger partial charge in [0.25, 0.3) is 0 Å². The van der Waals surface area contributed by atoms with E-state index < -0.39 is 10.8 Å². The van der Waals surface area contributed by atoms with Gasteiger partial charge in [0, 0.05) is 46.9 Å². The van der Waals surface area contributed by atoms with Gasteiger partial charge in [-0.3, -0.25) is 4.21 Å². The van der Waals surface area contributed by atoms with E-state index in [1.54, 1.807) is 0 Å². The molecular weight excluding hydrogens is 370 g/mol. The number of hydrogen-bond acceptors (Lipinski definition) is 5. The Bertz CT molecular complexity index is 1040. The molecule has 1 aliphatic heterocycles. The Labute approximate surface area is 167 Å². The third-order valence-electron chi connectivity index (χ3n) is 5.08. The summed E-state index contributed by atoms with van der Waals surface area (Å²) in [5.41, 5.74) is 4.13. The van der Waals surface area contributed by atoms with Gasteiger partial charge in [0.05, 0.1) is 22.9 Å². The lowest BCUT2D eigenvalue weighted by molar-refractivity contribution is 0.281. The summed E-state index contributed by atoms with van der Waals surface area (Å²) in [7, 11) is -0.991. The molecule has 1 aliphatic rings. The van der Waals surface area contributed by atoms with Gasteiger partial charge in [0.1, 0.15) is 5.82 Å². The lowest BCUT2D eigenvalue weighted by Gasteiger charge is -2.24. The minimum Gasteiger partial charge on any atom is -0.394 e. The van der Waals surface area contributed by atoms with Gasteiger partial charge in [-0.1, -0.05) is 29.8 Å². The van der Waals surface area contributed by atoms with E-state index in [1.807, 2.05) is 43.3 Å². The van der Waals surface area contributed by atoms with Crippen LogP contribution in [0.5, 0.6) is 0 Å². The maximum Gasteiger partial charge on any atom is 0.131 e. The normalized spacial score (nSPS) is 17.8. The van der Waals surface area contributed by atoms with Crippen molar-refractivity contribution in [3.05, 3.63) is 59.7 Å². The van der Waals surface area contributed by atoms with E-state index in [0.717, 1.165) is 32.9 Å². The summed E-state index contributed by atoms with van der Waals surface area (Å²) in [4.78, 5) is 8.01. The predicted octanol–water partition coefficient (Wildman–Crippen LogP) is 3.46. The van der Waals surface area contributed by atoms with E-state index >= 15 is 0 Å². The lowest BCUT2D eigenvalue weighted by atomic mass is 10.1. The third-order valence-corrected chi connectivity index (χ3v) is 6.52. The van der Waals surface area contributed by atoms with Crippen molar-refractivity contribution >= 4 is 33.2 Å². The molecule has 5 nitrogen and oxygen atoms in total. The van der Waals surface area contributed by atoms with Crippen LogP contribution in [0.25, 0.3) is 10.9 Å². The second kappa shape index (κ2) is 7.89. The Morgan fingerprint density at radius 1 is 1.25 bits per heavy atom. The third kappa shape index (κ3) is 3.75. The first-order valence-electron chi connectivity index (χ1n) is 9.55. The summed E-state index contributed by atoms with van der Waals surface area (Å²) in [6, 6.07) is 16.1. The van der Waals surface area contributed by atoms with E-state index in [2.05, 4.69) is 29.3 Å². The number of aliphatic hydroxyl groups excluding tert-OH is 1. The van der Waals surface area contributed by atoms with Gasteiger partial charge in [-0.15, -0.1) is 0 Å². The van der Waals surface area contributed by atoms with Crippen molar-refractivity contribution in [3.8, 4) is 0 Å². The number of nitrogens with one attached hydrogen (secondary N) is 1. The first-order chi connectivity index (χ1) is 13.5. The summed E-state index contributed by atoms with van der Waals surface area (Å²) >= 11 is 0. The quantitative estimate of drug-likeness (QED) is 0.708. The first-order valence-corrected chi connectivity index (χ1v) is 10.9. The fraction of sp³-hybridized carbons (Fsp3) is 0.318. The molecule has 0 fully saturated rings. The van der Waals surface area contributed by atoms with Crippen LogP contribution in [0.3, 0.4) is 0 Å². The minimum absolute atomic E-state index is 0.0566. The molecule has 6 heteroatoms. The maximum absolute atomic E-state index is 12.6. The molecular formula is C22H25N3O2S. The van der Waals surface area contributed by atoms with E-state index in [-0.39, 0.29) is 12.6 Å². The van der Waals surface area contributed by atoms with Crippen LogP contribution in [-0.4, -0.2) is 39.2 Å². The molecule has 0 radical (unpaired) electrons. The number of anilines is 2. The molecule has 2 aromatic carbocycles. The van der Waals surface area contributed by atoms with Gasteiger partial charge in [-0.05, 0) is 37.6 Å². The molecule has 2 N–H and O–H groups in total. The van der Waals surface area contributed by atoms with Crippen molar-refractivity contribution < 1.29 is 9.32 Å². The van der Waals surface area contributed by atoms with Crippen molar-refractivity contribution in [3.63, 3.8) is 0 Å². The van der Waals surface area contributed by atoms with Crippen LogP contribution < -0.4 is 10.2 Å². The van der Waals surface area contributed by atoms with Crippen LogP contribution >= 0.6 is 0 Å². The van der Waals surface area contributed by atoms with Crippen molar-refractivity contribution in [1.29, 1.82) is 0 Å². The van der Waals surface area contributed by atoms with Crippen molar-refractivity contribution in [2.45, 2.75) is 31.3 Å². The number of fused-ring (bicyclic) bond motifs is 2. The van der Waals surface area contributed by atoms with Gasteiger partial charge < -0.3 is 15.3 Å². The van der Waals surface area contributed by atoms with Crippen LogP contribution in [0.4, 0.5) is 11.5 Å². The summed E-state index contributed by atoms with van der Waals surface area (Å²) in [5.74, 6) is 1.44. The topological polar surface area (TPSA) is 65.5 Å². The van der Waals surface area contributed by atoms with Crippen LogP contribution in [0.15, 0.2) is 53.4 Å². The Kier molecular flexibility index (Phi) is 5.33. The molecule has 0 aliphatic carbocycles. The second-order valence-electron chi connectivity index (χ2n) is 7.36. The van der Waals surface area contributed by atoms with Gasteiger partial charge in [-0.25, -0.2) is 4.98 Å². The predicted molar refractivity (Wildman–Crippen MR) is 115 cm³/mol. The zero-order chi connectivity index (χ0) is 19.7. The highest BCUT2D eigenvalue weighted by molar-refractivity contribution is 7.85. The Morgan fingerprint density at radius 3 is 2.89 bits per heavy atom. The molecule has 28 heavy (non-hydrogen) atoms. The van der Waals surface area contributed by atoms with Crippen LogP contribution in [0.2, 0.25) is 0 Å². The number of rotatable bonds is 4. The smallest absolute Gasteiger partial charge is 0.131 e. The van der Waals surface area contributed by atoms with Gasteiger partial charge in [0.2, 0.25) is 0 Å². The molecule has 1 unspecified atom stereocenters. The Hall–Kier alpha value is -2.44. The number of aryl methyl sites for hydroxylation is 1. The van der Waals surface area contributed by atoms with E-state index in [4.69, 9.17) is 4.98 Å². The largest absolute Gasteiger partial charge is 0.394 e. The van der Waals surface area contributed by atoms with Gasteiger partial charge in [-0.2, -0.15) is 0 Å². The number of hydrogen-bond donors (Lipinski definition) is 2.